The molecule has 0 atom stereocenters. The molecule has 0 heterocycles. The summed E-state index contributed by atoms with van der Waals surface area (Å²) in [5, 5.41) is 11.0. The Kier molecular flexibility index (Phi) is 4.20. The van der Waals surface area contributed by atoms with E-state index in [-0.39, 0.29) is 24.0 Å². The number of hydrogen-bond acceptors (Lipinski definition) is 5. The van der Waals surface area contributed by atoms with Gasteiger partial charge >= 0.3 is 11.7 Å². The van der Waals surface area contributed by atoms with Crippen molar-refractivity contribution in [2.75, 3.05) is 7.11 Å². The number of hydrogen-bond donors (Lipinski definition) is 0. The summed E-state index contributed by atoms with van der Waals surface area (Å²) >= 11 is 0. The Labute approximate surface area is 139 Å². The normalized spacial score (nSPS) is 14.7. The van der Waals surface area contributed by atoms with Gasteiger partial charge in [0.05, 0.1) is 17.4 Å². The molecular weight excluding hydrogens is 310 g/mol. The molecule has 1 saturated carbocycles. The first-order chi connectivity index (χ1) is 11.6. The minimum Gasteiger partial charge on any atom is -0.490 e. The molecule has 2 aromatic carbocycles. The quantitative estimate of drug-likeness (QED) is 0.462. The minimum absolute atomic E-state index is 0.116. The van der Waals surface area contributed by atoms with Gasteiger partial charge in [-0.15, -0.1) is 0 Å². The number of nitro groups is 1. The number of carbonyl (C=O) groups is 1. The maximum Gasteiger partial charge on any atom is 0.316 e. The van der Waals surface area contributed by atoms with Gasteiger partial charge in [0.2, 0.25) is 0 Å². The van der Waals surface area contributed by atoms with Crippen LogP contribution in [0.1, 0.15) is 24.0 Å². The van der Waals surface area contributed by atoms with Gasteiger partial charge in [0.15, 0.2) is 5.75 Å². The van der Waals surface area contributed by atoms with Crippen molar-refractivity contribution in [1.29, 1.82) is 0 Å². The summed E-state index contributed by atoms with van der Waals surface area (Å²) in [5.74, 6) is -0.151. The lowest BCUT2D eigenvalue weighted by Gasteiger charge is -2.16. The second-order valence-corrected chi connectivity index (χ2v) is 5.79. The second-order valence-electron chi connectivity index (χ2n) is 5.79. The van der Waals surface area contributed by atoms with Crippen LogP contribution in [0.4, 0.5) is 5.69 Å². The molecule has 24 heavy (non-hydrogen) atoms. The number of benzene rings is 2. The number of methoxy groups -OCH3 is 1. The summed E-state index contributed by atoms with van der Waals surface area (Å²) in [6.45, 7) is 0.214. The van der Waals surface area contributed by atoms with E-state index in [0.29, 0.717) is 18.4 Å². The minimum atomic E-state index is -0.711. The molecule has 0 spiro atoms. The standard InChI is InChI=1S/C18H17NO5/c1-23-16-11-14(7-8-15(16)19(21)22)18(9-10-18)17(20)24-12-13-5-3-2-4-6-13/h2-8,11H,9-10,12H2,1H3. The second kappa shape index (κ2) is 6.31. The molecule has 0 aromatic heterocycles. The fraction of sp³-hybridized carbons (Fsp3) is 0.278. The predicted molar refractivity (Wildman–Crippen MR) is 86.8 cm³/mol. The Balaban J connectivity index is 1.78. The van der Waals surface area contributed by atoms with E-state index in [0.717, 1.165) is 5.56 Å². The maximum absolute atomic E-state index is 12.5. The Hall–Kier alpha value is -2.89. The smallest absolute Gasteiger partial charge is 0.316 e. The molecule has 6 heteroatoms. The van der Waals surface area contributed by atoms with Gasteiger partial charge in [-0.1, -0.05) is 36.4 Å². The SMILES string of the molecule is COc1cc(C2(C(=O)OCc3ccccc3)CC2)ccc1[N+](=O)[O-]. The highest BCUT2D eigenvalue weighted by atomic mass is 16.6. The number of esters is 1. The predicted octanol–water partition coefficient (Wildman–Crippen LogP) is 3.38. The molecule has 2 aromatic rings. The Morgan fingerprint density at radius 3 is 2.50 bits per heavy atom. The van der Waals surface area contributed by atoms with Gasteiger partial charge in [0.1, 0.15) is 6.61 Å². The zero-order valence-corrected chi connectivity index (χ0v) is 13.2. The molecule has 0 saturated heterocycles. The van der Waals surface area contributed by atoms with Gasteiger partial charge in [-0.25, -0.2) is 0 Å². The number of ether oxygens (including phenoxy) is 2. The molecule has 124 valence electrons. The van der Waals surface area contributed by atoms with E-state index in [1.54, 1.807) is 12.1 Å². The van der Waals surface area contributed by atoms with Crippen molar-refractivity contribution in [3.8, 4) is 5.75 Å². The van der Waals surface area contributed by atoms with Crippen LogP contribution in [0, 0.1) is 10.1 Å². The van der Waals surface area contributed by atoms with E-state index in [4.69, 9.17) is 9.47 Å². The molecule has 0 bridgehead atoms. The molecule has 0 aliphatic heterocycles. The zero-order valence-electron chi connectivity index (χ0n) is 13.2. The Morgan fingerprint density at radius 1 is 1.21 bits per heavy atom. The molecule has 3 rings (SSSR count). The van der Waals surface area contributed by atoms with Crippen LogP contribution in [0.5, 0.6) is 5.75 Å². The van der Waals surface area contributed by atoms with E-state index in [1.807, 2.05) is 30.3 Å². The highest BCUT2D eigenvalue weighted by Crippen LogP contribution is 2.50. The molecule has 0 unspecified atom stereocenters. The van der Waals surface area contributed by atoms with E-state index < -0.39 is 10.3 Å². The van der Waals surface area contributed by atoms with Crippen molar-refractivity contribution in [3.63, 3.8) is 0 Å². The highest BCUT2D eigenvalue weighted by molar-refractivity contribution is 5.87. The summed E-state index contributed by atoms with van der Waals surface area (Å²) < 4.78 is 10.5. The summed E-state index contributed by atoms with van der Waals surface area (Å²) in [6.07, 6.45) is 1.34. The molecule has 1 aliphatic carbocycles. The van der Waals surface area contributed by atoms with Crippen LogP contribution in [0.2, 0.25) is 0 Å². The van der Waals surface area contributed by atoms with Crippen molar-refractivity contribution in [2.24, 2.45) is 0 Å². The zero-order chi connectivity index (χ0) is 17.2. The van der Waals surface area contributed by atoms with E-state index >= 15 is 0 Å². The summed E-state index contributed by atoms with van der Waals surface area (Å²) in [4.78, 5) is 23.0. The van der Waals surface area contributed by atoms with E-state index in [2.05, 4.69) is 0 Å². The third-order valence-electron chi connectivity index (χ3n) is 4.28. The number of rotatable bonds is 6. The average Bonchev–Trinajstić information content (AvgIpc) is 3.42. The van der Waals surface area contributed by atoms with Crippen LogP contribution >= 0.6 is 0 Å². The topological polar surface area (TPSA) is 78.7 Å². The lowest BCUT2D eigenvalue weighted by molar-refractivity contribution is -0.385. The summed E-state index contributed by atoms with van der Waals surface area (Å²) in [5.41, 5.74) is 0.789. The van der Waals surface area contributed by atoms with Crippen LogP contribution in [-0.2, 0) is 21.6 Å². The van der Waals surface area contributed by atoms with Gasteiger partial charge < -0.3 is 9.47 Å². The summed E-state index contributed by atoms with van der Waals surface area (Å²) in [7, 11) is 1.37. The first-order valence-corrected chi connectivity index (χ1v) is 7.61. The third-order valence-corrected chi connectivity index (χ3v) is 4.28. The molecule has 1 aliphatic rings. The number of carbonyl (C=O) groups excluding carboxylic acids is 1. The van der Waals surface area contributed by atoms with Crippen LogP contribution in [0.25, 0.3) is 0 Å². The molecule has 0 amide bonds. The van der Waals surface area contributed by atoms with Crippen LogP contribution in [0.3, 0.4) is 0 Å². The molecule has 0 N–H and O–H groups in total. The number of nitrogens with zero attached hydrogens (tertiary/aromatic N) is 1. The Bertz CT molecular complexity index is 768. The van der Waals surface area contributed by atoms with Crippen molar-refractivity contribution in [1.82, 2.24) is 0 Å². The van der Waals surface area contributed by atoms with Gasteiger partial charge in [-0.3, -0.25) is 14.9 Å². The Morgan fingerprint density at radius 2 is 1.92 bits per heavy atom. The van der Waals surface area contributed by atoms with Gasteiger partial charge in [0, 0.05) is 6.07 Å². The first-order valence-electron chi connectivity index (χ1n) is 7.61. The van der Waals surface area contributed by atoms with Crippen molar-refractivity contribution in [3.05, 3.63) is 69.8 Å². The fourth-order valence-corrected chi connectivity index (χ4v) is 2.72. The van der Waals surface area contributed by atoms with Crippen LogP contribution in [-0.4, -0.2) is 18.0 Å². The van der Waals surface area contributed by atoms with E-state index in [9.17, 15) is 14.9 Å². The lowest BCUT2D eigenvalue weighted by atomic mass is 9.95. The fourth-order valence-electron chi connectivity index (χ4n) is 2.72. The van der Waals surface area contributed by atoms with Gasteiger partial charge in [-0.05, 0) is 30.0 Å². The van der Waals surface area contributed by atoms with Crippen LogP contribution in [0.15, 0.2) is 48.5 Å². The first kappa shape index (κ1) is 16.0. The largest absolute Gasteiger partial charge is 0.490 e. The van der Waals surface area contributed by atoms with Gasteiger partial charge in [0.25, 0.3) is 0 Å². The van der Waals surface area contributed by atoms with Crippen molar-refractivity contribution >= 4 is 11.7 Å². The average molecular weight is 327 g/mol. The monoisotopic (exact) mass is 327 g/mol. The van der Waals surface area contributed by atoms with Crippen molar-refractivity contribution in [2.45, 2.75) is 24.9 Å². The molecule has 1 fully saturated rings. The molecule has 6 nitrogen and oxygen atoms in total. The molecular formula is C18H17NO5. The number of nitro benzene ring substituents is 1. The molecule has 0 radical (unpaired) electrons. The van der Waals surface area contributed by atoms with E-state index in [1.165, 1.54) is 13.2 Å². The van der Waals surface area contributed by atoms with Gasteiger partial charge in [-0.2, -0.15) is 0 Å². The lowest BCUT2D eigenvalue weighted by Crippen LogP contribution is -2.23. The van der Waals surface area contributed by atoms with Crippen LogP contribution < -0.4 is 4.74 Å². The highest BCUT2D eigenvalue weighted by Gasteiger charge is 2.53. The maximum atomic E-state index is 12.5. The summed E-state index contributed by atoms with van der Waals surface area (Å²) in [6, 6.07) is 14.0. The third kappa shape index (κ3) is 2.95. The van der Waals surface area contributed by atoms with Crippen molar-refractivity contribution < 1.29 is 19.2 Å².